The van der Waals surface area contributed by atoms with E-state index in [2.05, 4.69) is 31.9 Å². The lowest BCUT2D eigenvalue weighted by atomic mass is 10.1. The Morgan fingerprint density at radius 3 is 2.79 bits per heavy atom. The molecule has 0 radical (unpaired) electrons. The Bertz CT molecular complexity index is 568. The minimum absolute atomic E-state index is 0. The fourth-order valence-corrected chi connectivity index (χ4v) is 2.95. The number of amides is 2. The number of rotatable bonds is 7. The van der Waals surface area contributed by atoms with Gasteiger partial charge in [-0.05, 0) is 66.0 Å². The number of halogens is 3. The van der Waals surface area contributed by atoms with E-state index in [9.17, 15) is 14.0 Å². The zero-order chi connectivity index (χ0) is 16.7. The van der Waals surface area contributed by atoms with Crippen LogP contribution in [-0.2, 0) is 4.79 Å². The van der Waals surface area contributed by atoms with Crippen molar-refractivity contribution < 1.29 is 14.0 Å². The first kappa shape index (κ1) is 20.9. The molecule has 1 atom stereocenters. The maximum Gasteiger partial charge on any atom is 0.252 e. The maximum absolute atomic E-state index is 13.2. The minimum atomic E-state index is -0.475. The van der Waals surface area contributed by atoms with Crippen LogP contribution in [0.5, 0.6) is 0 Å². The predicted molar refractivity (Wildman–Crippen MR) is 96.9 cm³/mol. The van der Waals surface area contributed by atoms with Gasteiger partial charge in [-0.15, -0.1) is 12.4 Å². The summed E-state index contributed by atoms with van der Waals surface area (Å²) in [6, 6.07) is 3.91. The van der Waals surface area contributed by atoms with Crippen LogP contribution in [0, 0.1) is 11.7 Å². The van der Waals surface area contributed by atoms with Gasteiger partial charge in [-0.25, -0.2) is 4.39 Å². The second kappa shape index (κ2) is 10.6. The van der Waals surface area contributed by atoms with Gasteiger partial charge in [0.25, 0.3) is 5.91 Å². The fourth-order valence-electron chi connectivity index (χ4n) is 2.52. The molecule has 0 aliphatic carbocycles. The highest BCUT2D eigenvalue weighted by molar-refractivity contribution is 9.10. The molecule has 1 aliphatic heterocycles. The number of hydrogen-bond donors (Lipinski definition) is 3. The van der Waals surface area contributed by atoms with E-state index < -0.39 is 11.7 Å². The molecule has 1 aliphatic rings. The Balaban J connectivity index is 0.00000288. The molecule has 1 aromatic carbocycles. The number of hydrogen-bond acceptors (Lipinski definition) is 3. The summed E-state index contributed by atoms with van der Waals surface area (Å²) in [4.78, 5) is 23.6. The molecule has 3 N–H and O–H groups in total. The molecule has 1 unspecified atom stereocenters. The van der Waals surface area contributed by atoms with Crippen molar-refractivity contribution in [3.8, 4) is 0 Å². The van der Waals surface area contributed by atoms with Gasteiger partial charge >= 0.3 is 0 Å². The summed E-state index contributed by atoms with van der Waals surface area (Å²) < 4.78 is 13.7. The number of carbonyl (C=O) groups is 2. The zero-order valence-electron chi connectivity index (χ0n) is 13.2. The highest BCUT2D eigenvalue weighted by Crippen LogP contribution is 2.17. The largest absolute Gasteiger partial charge is 0.356 e. The number of carbonyl (C=O) groups excluding carboxylic acids is 2. The maximum atomic E-state index is 13.2. The lowest BCUT2D eigenvalue weighted by Gasteiger charge is -2.10. The summed E-state index contributed by atoms with van der Waals surface area (Å²) in [6.07, 6.45) is 2.34. The lowest BCUT2D eigenvalue weighted by Crippen LogP contribution is -2.32. The van der Waals surface area contributed by atoms with Crippen LogP contribution < -0.4 is 16.0 Å². The summed E-state index contributed by atoms with van der Waals surface area (Å²) in [6.45, 7) is 2.96. The first-order chi connectivity index (χ1) is 11.1. The Labute approximate surface area is 155 Å². The minimum Gasteiger partial charge on any atom is -0.356 e. The topological polar surface area (TPSA) is 70.2 Å². The van der Waals surface area contributed by atoms with Crippen molar-refractivity contribution in [3.63, 3.8) is 0 Å². The van der Waals surface area contributed by atoms with E-state index in [0.717, 1.165) is 32.0 Å². The van der Waals surface area contributed by atoms with Crippen LogP contribution in [0.15, 0.2) is 22.7 Å². The quantitative estimate of drug-likeness (QED) is 0.631. The smallest absolute Gasteiger partial charge is 0.252 e. The Hall–Kier alpha value is -1.18. The molecule has 1 heterocycles. The van der Waals surface area contributed by atoms with E-state index in [1.807, 2.05) is 0 Å². The van der Waals surface area contributed by atoms with E-state index in [1.54, 1.807) is 0 Å². The van der Waals surface area contributed by atoms with Crippen LogP contribution in [0.2, 0.25) is 0 Å². The van der Waals surface area contributed by atoms with Gasteiger partial charge in [-0.2, -0.15) is 0 Å². The van der Waals surface area contributed by atoms with Gasteiger partial charge in [0.05, 0.1) is 5.56 Å². The average Bonchev–Trinajstić information content (AvgIpc) is 3.03. The van der Waals surface area contributed by atoms with Crippen molar-refractivity contribution in [2.45, 2.75) is 19.3 Å². The molecule has 5 nitrogen and oxygen atoms in total. The summed E-state index contributed by atoms with van der Waals surface area (Å²) in [7, 11) is 0. The molecule has 0 bridgehead atoms. The van der Waals surface area contributed by atoms with E-state index in [4.69, 9.17) is 0 Å². The van der Waals surface area contributed by atoms with Crippen LogP contribution in [-0.4, -0.2) is 38.0 Å². The lowest BCUT2D eigenvalue weighted by molar-refractivity contribution is -0.120. The van der Waals surface area contributed by atoms with Crippen molar-refractivity contribution in [1.82, 2.24) is 16.0 Å². The van der Waals surface area contributed by atoms with Crippen LogP contribution in [0.3, 0.4) is 0 Å². The summed E-state index contributed by atoms with van der Waals surface area (Å²) in [5, 5.41) is 8.77. The van der Waals surface area contributed by atoms with Crippen LogP contribution in [0.1, 0.15) is 29.6 Å². The predicted octanol–water partition coefficient (Wildman–Crippen LogP) is 2.25. The molecule has 1 aromatic rings. The Morgan fingerprint density at radius 2 is 2.08 bits per heavy atom. The second-order valence-electron chi connectivity index (χ2n) is 5.63. The van der Waals surface area contributed by atoms with Gasteiger partial charge in [0.15, 0.2) is 0 Å². The number of nitrogens with one attached hydrogen (secondary N) is 3. The first-order valence-electron chi connectivity index (χ1n) is 7.77. The molecule has 1 saturated heterocycles. The van der Waals surface area contributed by atoms with Crippen molar-refractivity contribution in [3.05, 3.63) is 34.1 Å². The Morgan fingerprint density at radius 1 is 1.29 bits per heavy atom. The zero-order valence-corrected chi connectivity index (χ0v) is 15.6. The molecule has 134 valence electrons. The number of benzene rings is 1. The van der Waals surface area contributed by atoms with Gasteiger partial charge < -0.3 is 16.0 Å². The first-order valence-corrected chi connectivity index (χ1v) is 8.56. The van der Waals surface area contributed by atoms with Crippen LogP contribution in [0.4, 0.5) is 4.39 Å². The van der Waals surface area contributed by atoms with E-state index in [0.29, 0.717) is 16.9 Å². The summed E-state index contributed by atoms with van der Waals surface area (Å²) >= 11 is 3.21. The molecular weight excluding hydrogens is 401 g/mol. The van der Waals surface area contributed by atoms with Crippen molar-refractivity contribution in [1.29, 1.82) is 0 Å². The van der Waals surface area contributed by atoms with Crippen LogP contribution >= 0.6 is 28.3 Å². The highest BCUT2D eigenvalue weighted by atomic mass is 79.9. The van der Waals surface area contributed by atoms with E-state index in [-0.39, 0.29) is 36.8 Å². The van der Waals surface area contributed by atoms with Crippen molar-refractivity contribution in [2.24, 2.45) is 5.92 Å². The monoisotopic (exact) mass is 421 g/mol. The summed E-state index contributed by atoms with van der Waals surface area (Å²) in [5.74, 6) is -0.325. The second-order valence-corrected chi connectivity index (χ2v) is 6.48. The molecule has 0 aromatic heterocycles. The highest BCUT2D eigenvalue weighted by Gasteiger charge is 2.14. The van der Waals surface area contributed by atoms with Gasteiger partial charge in [0.1, 0.15) is 5.82 Å². The standard InChI is InChI=1S/C16H21BrFN3O2.ClH/c17-14-2-1-12(18)9-13(14)16(23)21-8-5-15(22)20-7-4-11-3-6-19-10-11;/h1-2,9,11,19H,3-8,10H2,(H,20,22)(H,21,23);1H. The van der Waals surface area contributed by atoms with Gasteiger partial charge in [0.2, 0.25) is 5.91 Å². The normalized spacial score (nSPS) is 16.3. The average molecular weight is 423 g/mol. The van der Waals surface area contributed by atoms with Crippen molar-refractivity contribution >= 4 is 40.2 Å². The third-order valence-electron chi connectivity index (χ3n) is 3.85. The third-order valence-corrected chi connectivity index (χ3v) is 4.54. The van der Waals surface area contributed by atoms with E-state index >= 15 is 0 Å². The molecule has 0 saturated carbocycles. The van der Waals surface area contributed by atoms with E-state index in [1.165, 1.54) is 12.1 Å². The van der Waals surface area contributed by atoms with Crippen LogP contribution in [0.25, 0.3) is 0 Å². The third kappa shape index (κ3) is 6.75. The van der Waals surface area contributed by atoms with Gasteiger partial charge in [-0.3, -0.25) is 9.59 Å². The molecule has 24 heavy (non-hydrogen) atoms. The molecule has 2 rings (SSSR count). The molecule has 2 amide bonds. The van der Waals surface area contributed by atoms with Gasteiger partial charge in [0, 0.05) is 24.0 Å². The molecule has 0 spiro atoms. The molecular formula is C16H22BrClFN3O2. The molecule has 1 fully saturated rings. The SMILES string of the molecule is Cl.O=C(CCNC(=O)c1cc(F)ccc1Br)NCCC1CCNC1. The summed E-state index contributed by atoms with van der Waals surface area (Å²) in [5.41, 5.74) is 0.221. The molecule has 8 heteroatoms. The Kier molecular flexibility index (Phi) is 9.25. The van der Waals surface area contributed by atoms with Crippen molar-refractivity contribution in [2.75, 3.05) is 26.2 Å². The van der Waals surface area contributed by atoms with Gasteiger partial charge in [-0.1, -0.05) is 0 Å². The fraction of sp³-hybridized carbons (Fsp3) is 0.500.